The third-order valence-electron chi connectivity index (χ3n) is 2.13. The van der Waals surface area contributed by atoms with Gasteiger partial charge in [0.25, 0.3) is 0 Å². The van der Waals surface area contributed by atoms with E-state index in [4.69, 9.17) is 4.74 Å². The van der Waals surface area contributed by atoms with E-state index < -0.39 is 9.84 Å². The van der Waals surface area contributed by atoms with Gasteiger partial charge in [0.15, 0.2) is 9.84 Å². The Morgan fingerprint density at radius 1 is 1.25 bits per heavy atom. The Labute approximate surface area is 80.5 Å². The van der Waals surface area contributed by atoms with Crippen molar-refractivity contribution in [2.24, 2.45) is 0 Å². The molecule has 2 rings (SSSR count). The molecule has 3 nitrogen and oxygen atoms in total. The molecule has 1 saturated heterocycles. The van der Waals surface area contributed by atoms with Crippen LogP contribution in [0, 0.1) is 0 Å². The number of rotatable bonds is 2. The molecule has 0 bridgehead atoms. The molecule has 1 aliphatic heterocycles. The lowest BCUT2D eigenvalue weighted by atomic mass is 10.3. The third-order valence-corrected chi connectivity index (χ3v) is 5.17. The summed E-state index contributed by atoms with van der Waals surface area (Å²) < 4.78 is 27.8. The molecule has 1 heterocycles. The molecule has 0 aromatic rings. The lowest BCUT2D eigenvalue weighted by Gasteiger charge is -2.12. The van der Waals surface area contributed by atoms with Crippen molar-refractivity contribution >= 4 is 25.8 Å². The van der Waals surface area contributed by atoms with Crippen molar-refractivity contribution in [3.05, 3.63) is 0 Å². The van der Waals surface area contributed by atoms with Gasteiger partial charge in [-0.05, 0) is 12.8 Å². The minimum atomic E-state index is -2.83. The molecule has 2 fully saturated rings. The van der Waals surface area contributed by atoms with E-state index in [0.717, 1.165) is 12.8 Å². The van der Waals surface area contributed by atoms with Gasteiger partial charge in [-0.2, -0.15) is 0 Å². The van der Waals surface area contributed by atoms with Crippen LogP contribution in [0.5, 0.6) is 0 Å². The largest absolute Gasteiger partial charge is 0.373 e. The summed E-state index contributed by atoms with van der Waals surface area (Å²) in [6.45, 7) is 0. The second-order valence-corrected chi connectivity index (χ2v) is 6.80. The molecule has 1 saturated carbocycles. The molecule has 1 aliphatic carbocycles. The summed E-state index contributed by atoms with van der Waals surface area (Å²) in [6.07, 6.45) is 2.41. The molecule has 0 amide bonds. The zero-order valence-corrected chi connectivity index (χ0v) is 8.97. The van der Waals surface area contributed by atoms with Crippen molar-refractivity contribution < 1.29 is 13.2 Å². The van der Waals surface area contributed by atoms with E-state index in [9.17, 15) is 8.42 Å². The summed E-state index contributed by atoms with van der Waals surface area (Å²) in [7, 11) is -2.83. The van der Waals surface area contributed by atoms with E-state index in [-0.39, 0.29) is 22.4 Å². The van der Waals surface area contributed by atoms with E-state index in [0.29, 0.717) is 6.10 Å². The van der Waals surface area contributed by atoms with Crippen LogP contribution in [0.2, 0.25) is 0 Å². The van der Waals surface area contributed by atoms with Crippen LogP contribution in [0.25, 0.3) is 0 Å². The maximum atomic E-state index is 11.1. The first-order valence-electron chi connectivity index (χ1n) is 4.07. The standard InChI is InChI=1S/C7H11BrO3S/c8-6-3-12(9,10)4-7(6)11-5-1-2-5/h5-7H,1-4H2. The lowest BCUT2D eigenvalue weighted by molar-refractivity contribution is 0.0618. The predicted molar refractivity (Wildman–Crippen MR) is 49.3 cm³/mol. The smallest absolute Gasteiger partial charge is 0.154 e. The van der Waals surface area contributed by atoms with Gasteiger partial charge in [-0.1, -0.05) is 15.9 Å². The molecular formula is C7H11BrO3S. The summed E-state index contributed by atoms with van der Waals surface area (Å²) in [4.78, 5) is 0.00287. The monoisotopic (exact) mass is 254 g/mol. The van der Waals surface area contributed by atoms with Crippen LogP contribution in [-0.2, 0) is 14.6 Å². The maximum absolute atomic E-state index is 11.1. The van der Waals surface area contributed by atoms with Gasteiger partial charge in [0, 0.05) is 0 Å². The second kappa shape index (κ2) is 2.96. The summed E-state index contributed by atoms with van der Waals surface area (Å²) in [5, 5.41) is 0. The van der Waals surface area contributed by atoms with Gasteiger partial charge in [-0.25, -0.2) is 8.42 Å². The highest BCUT2D eigenvalue weighted by Gasteiger charge is 2.39. The van der Waals surface area contributed by atoms with Crippen molar-refractivity contribution in [3.8, 4) is 0 Å². The number of hydrogen-bond acceptors (Lipinski definition) is 3. The normalized spacial score (nSPS) is 40.1. The fraction of sp³-hybridized carbons (Fsp3) is 1.00. The van der Waals surface area contributed by atoms with Crippen molar-refractivity contribution in [1.82, 2.24) is 0 Å². The SMILES string of the molecule is O=S1(=O)CC(Br)C(OC2CC2)C1. The number of sulfone groups is 1. The van der Waals surface area contributed by atoms with Crippen LogP contribution in [0.15, 0.2) is 0 Å². The second-order valence-electron chi connectivity index (χ2n) is 3.47. The average Bonchev–Trinajstić information content (AvgIpc) is 2.63. The zero-order valence-electron chi connectivity index (χ0n) is 6.57. The van der Waals surface area contributed by atoms with E-state index >= 15 is 0 Å². The number of alkyl halides is 1. The fourth-order valence-corrected chi connectivity index (χ4v) is 4.76. The van der Waals surface area contributed by atoms with E-state index in [1.165, 1.54) is 0 Å². The third kappa shape index (κ3) is 2.00. The maximum Gasteiger partial charge on any atom is 0.154 e. The van der Waals surface area contributed by atoms with Gasteiger partial charge in [-0.3, -0.25) is 0 Å². The van der Waals surface area contributed by atoms with Gasteiger partial charge in [0.2, 0.25) is 0 Å². The minimum Gasteiger partial charge on any atom is -0.373 e. The molecule has 0 N–H and O–H groups in total. The summed E-state index contributed by atoms with van der Waals surface area (Å²) in [5.41, 5.74) is 0. The predicted octanol–water partition coefficient (Wildman–Crippen LogP) is 0.726. The highest BCUT2D eigenvalue weighted by molar-refractivity contribution is 9.09. The molecule has 0 radical (unpaired) electrons. The molecular weight excluding hydrogens is 244 g/mol. The Bertz CT molecular complexity index is 270. The fourth-order valence-electron chi connectivity index (χ4n) is 1.35. The topological polar surface area (TPSA) is 43.4 Å². The highest BCUT2D eigenvalue weighted by atomic mass is 79.9. The number of ether oxygens (including phenoxy) is 1. The molecule has 0 aromatic heterocycles. The zero-order chi connectivity index (χ0) is 8.77. The molecule has 2 unspecified atom stereocenters. The summed E-state index contributed by atoms with van der Waals surface area (Å²) in [5.74, 6) is 0.420. The quantitative estimate of drug-likeness (QED) is 0.683. The van der Waals surface area contributed by atoms with Crippen molar-refractivity contribution in [2.45, 2.75) is 29.9 Å². The Balaban J connectivity index is 1.98. The van der Waals surface area contributed by atoms with Crippen molar-refractivity contribution in [1.29, 1.82) is 0 Å². The van der Waals surface area contributed by atoms with Crippen LogP contribution in [0.4, 0.5) is 0 Å². The van der Waals surface area contributed by atoms with Crippen LogP contribution in [0.1, 0.15) is 12.8 Å². The van der Waals surface area contributed by atoms with E-state index in [1.54, 1.807) is 0 Å². The Morgan fingerprint density at radius 2 is 1.92 bits per heavy atom. The van der Waals surface area contributed by atoms with Crippen molar-refractivity contribution in [3.63, 3.8) is 0 Å². The Hall–Kier alpha value is 0.390. The van der Waals surface area contributed by atoms with Gasteiger partial charge in [-0.15, -0.1) is 0 Å². The summed E-state index contributed by atoms with van der Waals surface area (Å²) in [6, 6.07) is 0. The molecule has 2 atom stereocenters. The van der Waals surface area contributed by atoms with Gasteiger partial charge >= 0.3 is 0 Å². The number of hydrogen-bond donors (Lipinski definition) is 0. The average molecular weight is 255 g/mol. The molecule has 0 aromatic carbocycles. The van der Waals surface area contributed by atoms with Crippen LogP contribution < -0.4 is 0 Å². The van der Waals surface area contributed by atoms with Gasteiger partial charge in [0.1, 0.15) is 0 Å². The van der Waals surface area contributed by atoms with Crippen LogP contribution in [-0.4, -0.2) is 37.0 Å². The Morgan fingerprint density at radius 3 is 2.33 bits per heavy atom. The first-order valence-corrected chi connectivity index (χ1v) is 6.80. The number of halogens is 1. The molecule has 2 aliphatic rings. The molecule has 12 heavy (non-hydrogen) atoms. The van der Waals surface area contributed by atoms with Crippen molar-refractivity contribution in [2.75, 3.05) is 11.5 Å². The first-order chi connectivity index (χ1) is 5.57. The Kier molecular flexibility index (Phi) is 2.21. The van der Waals surface area contributed by atoms with E-state index in [1.807, 2.05) is 0 Å². The van der Waals surface area contributed by atoms with Gasteiger partial charge < -0.3 is 4.74 Å². The van der Waals surface area contributed by atoms with Crippen LogP contribution >= 0.6 is 15.9 Å². The van der Waals surface area contributed by atoms with E-state index in [2.05, 4.69) is 15.9 Å². The molecule has 5 heteroatoms. The highest BCUT2D eigenvalue weighted by Crippen LogP contribution is 2.31. The molecule has 0 spiro atoms. The molecule has 70 valence electrons. The minimum absolute atomic E-state index is 0.00287. The summed E-state index contributed by atoms with van der Waals surface area (Å²) >= 11 is 3.33. The lowest BCUT2D eigenvalue weighted by Crippen LogP contribution is -2.23. The van der Waals surface area contributed by atoms with Crippen LogP contribution in [0.3, 0.4) is 0 Å². The van der Waals surface area contributed by atoms with Gasteiger partial charge in [0.05, 0.1) is 28.5 Å². The first kappa shape index (κ1) is 8.97.